The standard InChI is InChI=1S/C11H14ClO2P/c1-3-11(12)15(13,14-4-2)10-8-6-5-7-9-10/h3,5-9,11H,1,4H2,2H3. The van der Waals surface area contributed by atoms with Crippen LogP contribution in [0, 0.1) is 0 Å². The molecule has 15 heavy (non-hydrogen) atoms. The predicted molar refractivity (Wildman–Crippen MR) is 65.1 cm³/mol. The molecule has 0 aliphatic heterocycles. The van der Waals surface area contributed by atoms with E-state index < -0.39 is 12.5 Å². The Morgan fingerprint density at radius 3 is 2.60 bits per heavy atom. The Bertz CT molecular complexity index is 364. The van der Waals surface area contributed by atoms with E-state index in [-0.39, 0.29) is 0 Å². The number of allylic oxidation sites excluding steroid dienone is 1. The molecule has 1 aromatic carbocycles. The Morgan fingerprint density at radius 2 is 2.13 bits per heavy atom. The van der Waals surface area contributed by atoms with Crippen LogP contribution in [0.3, 0.4) is 0 Å². The van der Waals surface area contributed by atoms with Gasteiger partial charge in [0.2, 0.25) is 0 Å². The van der Waals surface area contributed by atoms with Gasteiger partial charge in [-0.1, -0.05) is 24.3 Å². The van der Waals surface area contributed by atoms with Gasteiger partial charge >= 0.3 is 0 Å². The van der Waals surface area contributed by atoms with Gasteiger partial charge in [0.05, 0.1) is 6.61 Å². The van der Waals surface area contributed by atoms with Gasteiger partial charge in [-0.15, -0.1) is 18.2 Å². The molecule has 0 aromatic heterocycles. The molecule has 0 amide bonds. The van der Waals surface area contributed by atoms with Crippen LogP contribution in [0.15, 0.2) is 43.0 Å². The van der Waals surface area contributed by atoms with Crippen LogP contribution < -0.4 is 5.30 Å². The van der Waals surface area contributed by atoms with E-state index in [2.05, 4.69) is 6.58 Å². The molecule has 0 aliphatic rings. The molecule has 0 radical (unpaired) electrons. The Kier molecular flexibility index (Phi) is 4.59. The van der Waals surface area contributed by atoms with E-state index in [1.165, 1.54) is 6.08 Å². The van der Waals surface area contributed by atoms with Crippen molar-refractivity contribution in [2.24, 2.45) is 0 Å². The van der Waals surface area contributed by atoms with Crippen LogP contribution >= 0.6 is 19.0 Å². The number of benzene rings is 1. The fourth-order valence-corrected chi connectivity index (χ4v) is 3.59. The Morgan fingerprint density at radius 1 is 1.53 bits per heavy atom. The summed E-state index contributed by atoms with van der Waals surface area (Å²) in [5.74, 6) is 0. The first-order valence-corrected chi connectivity index (χ1v) is 6.84. The number of rotatable bonds is 5. The molecule has 0 bridgehead atoms. The third-order valence-electron chi connectivity index (χ3n) is 1.96. The van der Waals surface area contributed by atoms with Gasteiger partial charge in [0.1, 0.15) is 5.12 Å². The highest BCUT2D eigenvalue weighted by Crippen LogP contribution is 2.52. The van der Waals surface area contributed by atoms with Crippen molar-refractivity contribution in [2.75, 3.05) is 6.61 Å². The van der Waals surface area contributed by atoms with E-state index in [1.807, 2.05) is 18.2 Å². The second-order valence-corrected chi connectivity index (χ2v) is 6.26. The lowest BCUT2D eigenvalue weighted by molar-refractivity contribution is 0.341. The molecule has 2 unspecified atom stereocenters. The molecule has 0 fully saturated rings. The number of hydrogen-bond acceptors (Lipinski definition) is 2. The molecule has 2 atom stereocenters. The summed E-state index contributed by atoms with van der Waals surface area (Å²) in [4.78, 5) is 0. The summed E-state index contributed by atoms with van der Waals surface area (Å²) in [5, 5.41) is -0.0494. The largest absolute Gasteiger partial charge is 0.324 e. The fraction of sp³-hybridized carbons (Fsp3) is 0.273. The highest BCUT2D eigenvalue weighted by Gasteiger charge is 2.32. The van der Waals surface area contributed by atoms with Crippen LogP contribution in [-0.4, -0.2) is 11.7 Å². The topological polar surface area (TPSA) is 26.3 Å². The molecular formula is C11H14ClO2P. The summed E-state index contributed by atoms with van der Waals surface area (Å²) in [6.45, 7) is 5.71. The first kappa shape index (κ1) is 12.5. The zero-order valence-electron chi connectivity index (χ0n) is 8.60. The van der Waals surface area contributed by atoms with Crippen molar-refractivity contribution in [3.05, 3.63) is 43.0 Å². The van der Waals surface area contributed by atoms with E-state index in [4.69, 9.17) is 16.1 Å². The summed E-state index contributed by atoms with van der Waals surface area (Å²) in [6.07, 6.45) is 1.45. The molecule has 0 saturated heterocycles. The summed E-state index contributed by atoms with van der Waals surface area (Å²) < 4.78 is 17.8. The van der Waals surface area contributed by atoms with Crippen molar-refractivity contribution in [1.29, 1.82) is 0 Å². The lowest BCUT2D eigenvalue weighted by atomic mass is 10.4. The van der Waals surface area contributed by atoms with Crippen LogP contribution in [-0.2, 0) is 9.09 Å². The first-order chi connectivity index (χ1) is 7.15. The van der Waals surface area contributed by atoms with Gasteiger partial charge in [0, 0.05) is 5.30 Å². The van der Waals surface area contributed by atoms with Crippen LogP contribution in [0.2, 0.25) is 0 Å². The molecule has 0 heterocycles. The average molecular weight is 245 g/mol. The van der Waals surface area contributed by atoms with Crippen molar-refractivity contribution >= 4 is 24.3 Å². The zero-order chi connectivity index (χ0) is 11.3. The van der Waals surface area contributed by atoms with Gasteiger partial charge in [-0.25, -0.2) is 0 Å². The lowest BCUT2D eigenvalue weighted by Crippen LogP contribution is -2.13. The maximum absolute atomic E-state index is 12.5. The normalized spacial score (nSPS) is 16.7. The van der Waals surface area contributed by atoms with Gasteiger partial charge < -0.3 is 4.52 Å². The fourth-order valence-electron chi connectivity index (χ4n) is 1.25. The van der Waals surface area contributed by atoms with Crippen LogP contribution in [0.4, 0.5) is 0 Å². The second-order valence-electron chi connectivity index (χ2n) is 2.96. The molecule has 0 aliphatic carbocycles. The molecular weight excluding hydrogens is 231 g/mol. The predicted octanol–water partition coefficient (Wildman–Crippen LogP) is 3.38. The maximum Gasteiger partial charge on any atom is 0.253 e. The summed E-state index contributed by atoms with van der Waals surface area (Å²) in [5.41, 5.74) is 0. The second kappa shape index (κ2) is 5.50. The smallest absolute Gasteiger partial charge is 0.253 e. The van der Waals surface area contributed by atoms with E-state index >= 15 is 0 Å². The van der Waals surface area contributed by atoms with Crippen molar-refractivity contribution in [3.8, 4) is 0 Å². The van der Waals surface area contributed by atoms with Crippen molar-refractivity contribution in [3.63, 3.8) is 0 Å². The molecule has 0 saturated carbocycles. The van der Waals surface area contributed by atoms with Crippen LogP contribution in [0.25, 0.3) is 0 Å². The van der Waals surface area contributed by atoms with E-state index in [0.717, 1.165) is 0 Å². The molecule has 0 N–H and O–H groups in total. The van der Waals surface area contributed by atoms with E-state index in [9.17, 15) is 4.57 Å². The van der Waals surface area contributed by atoms with Gasteiger partial charge in [-0.2, -0.15) is 0 Å². The van der Waals surface area contributed by atoms with Crippen LogP contribution in [0.5, 0.6) is 0 Å². The molecule has 1 aromatic rings. The minimum atomic E-state index is -3.02. The molecule has 4 heteroatoms. The average Bonchev–Trinajstić information content (AvgIpc) is 2.29. The van der Waals surface area contributed by atoms with Gasteiger partial charge in [-0.3, -0.25) is 4.57 Å². The van der Waals surface area contributed by atoms with Gasteiger partial charge in [-0.05, 0) is 19.1 Å². The summed E-state index contributed by atoms with van der Waals surface area (Å²) in [7, 11) is -3.02. The molecule has 2 nitrogen and oxygen atoms in total. The van der Waals surface area contributed by atoms with E-state index in [1.54, 1.807) is 19.1 Å². The third-order valence-corrected chi connectivity index (χ3v) is 5.43. The van der Waals surface area contributed by atoms with Gasteiger partial charge in [0.25, 0.3) is 7.37 Å². The quantitative estimate of drug-likeness (QED) is 0.451. The van der Waals surface area contributed by atoms with E-state index in [0.29, 0.717) is 11.9 Å². The third kappa shape index (κ3) is 2.72. The molecule has 0 spiro atoms. The van der Waals surface area contributed by atoms with Crippen LogP contribution in [0.1, 0.15) is 6.92 Å². The van der Waals surface area contributed by atoms with Gasteiger partial charge in [0.15, 0.2) is 0 Å². The maximum atomic E-state index is 12.5. The Balaban J connectivity index is 3.12. The van der Waals surface area contributed by atoms with Crippen molar-refractivity contribution in [1.82, 2.24) is 0 Å². The number of alkyl halides is 1. The Labute approximate surface area is 95.4 Å². The first-order valence-electron chi connectivity index (χ1n) is 4.71. The lowest BCUT2D eigenvalue weighted by Gasteiger charge is -2.20. The monoisotopic (exact) mass is 244 g/mol. The number of hydrogen-bond donors (Lipinski definition) is 0. The highest BCUT2D eigenvalue weighted by atomic mass is 35.5. The molecule has 82 valence electrons. The Hall–Kier alpha value is -0.560. The SMILES string of the molecule is C=CC(Cl)P(=O)(OCC)c1ccccc1. The number of halogens is 1. The highest BCUT2D eigenvalue weighted by molar-refractivity contribution is 7.69. The summed E-state index contributed by atoms with van der Waals surface area (Å²) >= 11 is 5.98. The minimum absolute atomic E-state index is 0.364. The molecule has 1 rings (SSSR count). The van der Waals surface area contributed by atoms with Crippen molar-refractivity contribution < 1.29 is 9.09 Å². The minimum Gasteiger partial charge on any atom is -0.324 e. The zero-order valence-corrected chi connectivity index (χ0v) is 10.2. The van der Waals surface area contributed by atoms with Crippen molar-refractivity contribution in [2.45, 2.75) is 12.0 Å². The summed E-state index contributed by atoms with van der Waals surface area (Å²) in [6, 6.07) is 9.00.